The zero-order valence-electron chi connectivity index (χ0n) is 13.2. The van der Waals surface area contributed by atoms with Crippen molar-refractivity contribution in [2.45, 2.75) is 11.7 Å². The molecule has 0 spiro atoms. The molecule has 25 heavy (non-hydrogen) atoms. The van der Waals surface area contributed by atoms with Gasteiger partial charge in [-0.25, -0.2) is 4.98 Å². The smallest absolute Gasteiger partial charge is 0.313 e. The summed E-state index contributed by atoms with van der Waals surface area (Å²) in [5, 5.41) is 18.6. The van der Waals surface area contributed by atoms with E-state index < -0.39 is 5.97 Å². The van der Waals surface area contributed by atoms with Crippen LogP contribution in [0.15, 0.2) is 59.8 Å². The molecule has 2 heterocycles. The van der Waals surface area contributed by atoms with Crippen LogP contribution in [-0.2, 0) is 11.3 Å². The summed E-state index contributed by atoms with van der Waals surface area (Å²) in [5.41, 5.74) is 3.63. The van der Waals surface area contributed by atoms with Gasteiger partial charge >= 0.3 is 5.97 Å². The van der Waals surface area contributed by atoms with Gasteiger partial charge in [-0.3, -0.25) is 4.79 Å². The number of carboxylic acid groups (broad SMARTS) is 1. The van der Waals surface area contributed by atoms with E-state index in [1.807, 2.05) is 42.5 Å². The normalized spacial score (nSPS) is 11.2. The van der Waals surface area contributed by atoms with Crippen LogP contribution in [0.1, 0.15) is 5.56 Å². The van der Waals surface area contributed by atoms with E-state index >= 15 is 0 Å². The van der Waals surface area contributed by atoms with Crippen LogP contribution in [-0.4, -0.2) is 36.6 Å². The Hall–Kier alpha value is -2.93. The molecule has 0 aliphatic carbocycles. The molecule has 6 nitrogen and oxygen atoms in total. The van der Waals surface area contributed by atoms with E-state index in [1.165, 1.54) is 0 Å². The van der Waals surface area contributed by atoms with Crippen LogP contribution in [0.3, 0.4) is 0 Å². The average Bonchev–Trinajstić information content (AvgIpc) is 2.94. The van der Waals surface area contributed by atoms with Crippen molar-refractivity contribution in [3.8, 4) is 0 Å². The van der Waals surface area contributed by atoms with Gasteiger partial charge in [0, 0.05) is 11.9 Å². The van der Waals surface area contributed by atoms with Crippen molar-refractivity contribution < 1.29 is 9.90 Å². The zero-order chi connectivity index (χ0) is 17.2. The number of aromatic nitrogens is 4. The van der Waals surface area contributed by atoms with E-state index in [4.69, 9.17) is 5.11 Å². The Bertz CT molecular complexity index is 1060. The highest BCUT2D eigenvalue weighted by Crippen LogP contribution is 2.27. The second-order valence-electron chi connectivity index (χ2n) is 5.54. The molecule has 2 aromatic carbocycles. The molecule has 0 saturated carbocycles. The van der Waals surface area contributed by atoms with Gasteiger partial charge in [0.05, 0.1) is 11.3 Å². The maximum absolute atomic E-state index is 10.8. The number of benzene rings is 2. The van der Waals surface area contributed by atoms with Gasteiger partial charge in [-0.2, -0.15) is 0 Å². The van der Waals surface area contributed by atoms with Crippen molar-refractivity contribution in [1.82, 2.24) is 19.7 Å². The predicted molar refractivity (Wildman–Crippen MR) is 96.7 cm³/mol. The van der Waals surface area contributed by atoms with Gasteiger partial charge in [0.2, 0.25) is 5.16 Å². The van der Waals surface area contributed by atoms with E-state index in [1.54, 1.807) is 0 Å². The second kappa shape index (κ2) is 6.52. The van der Waals surface area contributed by atoms with E-state index in [9.17, 15) is 4.79 Å². The van der Waals surface area contributed by atoms with Crippen molar-refractivity contribution in [2.75, 3.05) is 5.75 Å². The van der Waals surface area contributed by atoms with Gasteiger partial charge in [0.25, 0.3) is 0 Å². The molecule has 0 amide bonds. The molecule has 0 atom stereocenters. The summed E-state index contributed by atoms with van der Waals surface area (Å²) >= 11 is 1.07. The minimum absolute atomic E-state index is 0.0912. The third-order valence-electron chi connectivity index (χ3n) is 3.86. The monoisotopic (exact) mass is 350 g/mol. The van der Waals surface area contributed by atoms with Crippen LogP contribution >= 0.6 is 11.8 Å². The molecule has 0 unspecified atom stereocenters. The number of hydrogen-bond donors (Lipinski definition) is 1. The largest absolute Gasteiger partial charge is 0.481 e. The van der Waals surface area contributed by atoms with Crippen LogP contribution in [0.2, 0.25) is 0 Å². The molecule has 124 valence electrons. The lowest BCUT2D eigenvalue weighted by Crippen LogP contribution is -2.03. The number of aliphatic carboxylic acids is 1. The summed E-state index contributed by atoms with van der Waals surface area (Å²) in [7, 11) is 0. The SMILES string of the molecule is O=C(O)CSc1nnc2c3ccccc3n(Cc3ccccc3)c2n1. The summed E-state index contributed by atoms with van der Waals surface area (Å²) in [4.78, 5) is 15.4. The fourth-order valence-corrected chi connectivity index (χ4v) is 3.30. The number of fused-ring (bicyclic) bond motifs is 3. The average molecular weight is 350 g/mol. The number of carbonyl (C=O) groups is 1. The lowest BCUT2D eigenvalue weighted by Gasteiger charge is -2.07. The van der Waals surface area contributed by atoms with Crippen molar-refractivity contribution in [3.63, 3.8) is 0 Å². The Labute approximate surface area is 147 Å². The molecule has 0 aliphatic rings. The topological polar surface area (TPSA) is 80.9 Å². The standard InChI is InChI=1S/C18H14N4O2S/c23-15(24)11-25-18-19-17-16(20-21-18)13-8-4-5-9-14(13)22(17)10-12-6-2-1-3-7-12/h1-9H,10-11H2,(H,23,24). The lowest BCUT2D eigenvalue weighted by molar-refractivity contribution is -0.133. The van der Waals surface area contributed by atoms with E-state index in [0.717, 1.165) is 33.7 Å². The molecule has 1 N–H and O–H groups in total. The number of nitrogens with zero attached hydrogens (tertiary/aromatic N) is 4. The van der Waals surface area contributed by atoms with Gasteiger partial charge in [0.15, 0.2) is 5.65 Å². The number of thioether (sulfide) groups is 1. The van der Waals surface area contributed by atoms with E-state index in [0.29, 0.717) is 17.3 Å². The van der Waals surface area contributed by atoms with Crippen LogP contribution in [0, 0.1) is 0 Å². The van der Waals surface area contributed by atoms with Crippen LogP contribution < -0.4 is 0 Å². The maximum atomic E-state index is 10.8. The second-order valence-corrected chi connectivity index (χ2v) is 6.48. The first-order valence-corrected chi connectivity index (χ1v) is 8.71. The third-order valence-corrected chi connectivity index (χ3v) is 4.69. The highest BCUT2D eigenvalue weighted by molar-refractivity contribution is 7.99. The molecule has 2 aromatic heterocycles. The lowest BCUT2D eigenvalue weighted by atomic mass is 10.2. The summed E-state index contributed by atoms with van der Waals surface area (Å²) in [5.74, 6) is -0.995. The Balaban J connectivity index is 1.87. The highest BCUT2D eigenvalue weighted by atomic mass is 32.2. The Kier molecular flexibility index (Phi) is 4.07. The fourth-order valence-electron chi connectivity index (χ4n) is 2.80. The maximum Gasteiger partial charge on any atom is 0.313 e. The summed E-state index contributed by atoms with van der Waals surface area (Å²) < 4.78 is 2.10. The molecular formula is C18H14N4O2S. The molecule has 0 saturated heterocycles. The quantitative estimate of drug-likeness (QED) is 0.557. The molecule has 0 fully saturated rings. The molecule has 7 heteroatoms. The Morgan fingerprint density at radius 3 is 2.60 bits per heavy atom. The van der Waals surface area contributed by atoms with Crippen LogP contribution in [0.25, 0.3) is 22.1 Å². The molecule has 0 aliphatic heterocycles. The van der Waals surface area contributed by atoms with Crippen molar-refractivity contribution in [3.05, 3.63) is 60.2 Å². The summed E-state index contributed by atoms with van der Waals surface area (Å²) in [6.45, 7) is 0.659. The zero-order valence-corrected chi connectivity index (χ0v) is 14.0. The van der Waals surface area contributed by atoms with E-state index in [-0.39, 0.29) is 5.75 Å². The molecular weight excluding hydrogens is 336 g/mol. The summed E-state index contributed by atoms with van der Waals surface area (Å²) in [6.07, 6.45) is 0. The number of hydrogen-bond acceptors (Lipinski definition) is 5. The molecule has 0 radical (unpaired) electrons. The van der Waals surface area contributed by atoms with Gasteiger partial charge < -0.3 is 9.67 Å². The van der Waals surface area contributed by atoms with Gasteiger partial charge in [-0.15, -0.1) is 10.2 Å². The third kappa shape index (κ3) is 3.06. The fraction of sp³-hybridized carbons (Fsp3) is 0.111. The number of rotatable bonds is 5. The Morgan fingerprint density at radius 2 is 1.80 bits per heavy atom. The van der Waals surface area contributed by atoms with Gasteiger partial charge in [0.1, 0.15) is 5.52 Å². The molecule has 4 aromatic rings. The van der Waals surface area contributed by atoms with Crippen molar-refractivity contribution in [2.24, 2.45) is 0 Å². The summed E-state index contributed by atoms with van der Waals surface area (Å²) in [6, 6.07) is 18.1. The van der Waals surface area contributed by atoms with Gasteiger partial charge in [-0.1, -0.05) is 60.3 Å². The number of para-hydroxylation sites is 1. The highest BCUT2D eigenvalue weighted by Gasteiger charge is 2.15. The Morgan fingerprint density at radius 1 is 1.04 bits per heavy atom. The number of carboxylic acids is 1. The van der Waals surface area contributed by atoms with E-state index in [2.05, 4.69) is 31.9 Å². The predicted octanol–water partition coefficient (Wildman–Crippen LogP) is 3.20. The minimum Gasteiger partial charge on any atom is -0.481 e. The minimum atomic E-state index is -0.904. The van der Waals surface area contributed by atoms with Crippen LogP contribution in [0.4, 0.5) is 0 Å². The van der Waals surface area contributed by atoms with Crippen LogP contribution in [0.5, 0.6) is 0 Å². The first-order chi connectivity index (χ1) is 12.2. The van der Waals surface area contributed by atoms with Crippen molar-refractivity contribution in [1.29, 1.82) is 0 Å². The van der Waals surface area contributed by atoms with Gasteiger partial charge in [-0.05, 0) is 11.6 Å². The first kappa shape index (κ1) is 15.6. The van der Waals surface area contributed by atoms with Crippen molar-refractivity contribution >= 4 is 39.8 Å². The molecule has 4 rings (SSSR count). The molecule has 0 bridgehead atoms. The first-order valence-electron chi connectivity index (χ1n) is 7.72.